The van der Waals surface area contributed by atoms with Gasteiger partial charge in [0.2, 0.25) is 0 Å². The molecule has 1 heterocycles. The number of rotatable bonds is 3. The van der Waals surface area contributed by atoms with E-state index in [1.54, 1.807) is 12.1 Å². The predicted octanol–water partition coefficient (Wildman–Crippen LogP) is 1.54. The van der Waals surface area contributed by atoms with Crippen LogP contribution in [0.4, 0.5) is 0 Å². The van der Waals surface area contributed by atoms with Gasteiger partial charge in [-0.05, 0) is 23.8 Å². The standard InChI is InChI=1S/C12H13NO2/c1-2-6-13-12(14)10-3-4-11-9(8-10)5-7-15-11/h2-4,8H,1,5-7H2,(H,13,14). The molecule has 0 spiro atoms. The first-order valence-corrected chi connectivity index (χ1v) is 4.96. The number of hydrogen-bond donors (Lipinski definition) is 1. The third kappa shape index (κ3) is 2.01. The number of carbonyl (C=O) groups excluding carboxylic acids is 1. The van der Waals surface area contributed by atoms with Crippen molar-refractivity contribution in [3.63, 3.8) is 0 Å². The molecule has 2 rings (SSSR count). The summed E-state index contributed by atoms with van der Waals surface area (Å²) in [7, 11) is 0. The van der Waals surface area contributed by atoms with Crippen molar-refractivity contribution in [2.75, 3.05) is 13.2 Å². The summed E-state index contributed by atoms with van der Waals surface area (Å²) >= 11 is 0. The van der Waals surface area contributed by atoms with E-state index in [-0.39, 0.29) is 5.91 Å². The van der Waals surface area contributed by atoms with Crippen LogP contribution in [0.2, 0.25) is 0 Å². The fraction of sp³-hybridized carbons (Fsp3) is 0.250. The molecule has 1 aliphatic heterocycles. The van der Waals surface area contributed by atoms with Crippen LogP contribution in [0.1, 0.15) is 15.9 Å². The molecule has 15 heavy (non-hydrogen) atoms. The molecular weight excluding hydrogens is 190 g/mol. The maximum atomic E-state index is 11.6. The van der Waals surface area contributed by atoms with Gasteiger partial charge in [0, 0.05) is 18.5 Å². The SMILES string of the molecule is C=CCNC(=O)c1ccc2c(c1)CCO2. The van der Waals surface area contributed by atoms with Crippen LogP contribution in [-0.2, 0) is 6.42 Å². The summed E-state index contributed by atoms with van der Waals surface area (Å²) in [6, 6.07) is 5.52. The van der Waals surface area contributed by atoms with Crippen molar-refractivity contribution in [1.82, 2.24) is 5.32 Å². The summed E-state index contributed by atoms with van der Waals surface area (Å²) < 4.78 is 5.37. The van der Waals surface area contributed by atoms with Gasteiger partial charge in [-0.3, -0.25) is 4.79 Å². The molecule has 1 aromatic carbocycles. The third-order valence-corrected chi connectivity index (χ3v) is 2.36. The average Bonchev–Trinajstić information content (AvgIpc) is 2.72. The summed E-state index contributed by atoms with van der Waals surface area (Å²) in [5.74, 6) is 0.833. The van der Waals surface area contributed by atoms with Crippen LogP contribution in [-0.4, -0.2) is 19.1 Å². The fourth-order valence-electron chi connectivity index (χ4n) is 1.59. The highest BCUT2D eigenvalue weighted by molar-refractivity contribution is 5.94. The molecule has 0 unspecified atom stereocenters. The van der Waals surface area contributed by atoms with E-state index in [4.69, 9.17) is 4.74 Å². The van der Waals surface area contributed by atoms with Crippen LogP contribution in [0.25, 0.3) is 0 Å². The van der Waals surface area contributed by atoms with Gasteiger partial charge in [-0.25, -0.2) is 0 Å². The van der Waals surface area contributed by atoms with Crippen molar-refractivity contribution in [2.45, 2.75) is 6.42 Å². The molecule has 1 N–H and O–H groups in total. The maximum absolute atomic E-state index is 11.6. The Morgan fingerprint density at radius 2 is 2.47 bits per heavy atom. The zero-order valence-corrected chi connectivity index (χ0v) is 8.45. The number of nitrogens with one attached hydrogen (secondary N) is 1. The molecule has 0 fully saturated rings. The van der Waals surface area contributed by atoms with E-state index in [0.717, 1.165) is 17.7 Å². The molecule has 0 aliphatic carbocycles. The molecule has 1 aromatic rings. The normalized spacial score (nSPS) is 12.8. The van der Waals surface area contributed by atoms with Gasteiger partial charge >= 0.3 is 0 Å². The van der Waals surface area contributed by atoms with E-state index in [0.29, 0.717) is 18.7 Å². The van der Waals surface area contributed by atoms with Gasteiger partial charge in [0.25, 0.3) is 5.91 Å². The largest absolute Gasteiger partial charge is 0.493 e. The molecule has 3 nitrogen and oxygen atoms in total. The van der Waals surface area contributed by atoms with E-state index < -0.39 is 0 Å². The Labute approximate surface area is 88.8 Å². The number of carbonyl (C=O) groups is 1. The Morgan fingerprint density at radius 3 is 3.27 bits per heavy atom. The highest BCUT2D eigenvalue weighted by Crippen LogP contribution is 2.25. The van der Waals surface area contributed by atoms with Crippen LogP contribution >= 0.6 is 0 Å². The second-order valence-corrected chi connectivity index (χ2v) is 3.42. The molecule has 0 bridgehead atoms. The summed E-state index contributed by atoms with van der Waals surface area (Å²) in [4.78, 5) is 11.6. The molecule has 78 valence electrons. The molecule has 1 amide bonds. The maximum Gasteiger partial charge on any atom is 0.251 e. The van der Waals surface area contributed by atoms with Crippen molar-refractivity contribution in [2.24, 2.45) is 0 Å². The average molecular weight is 203 g/mol. The second-order valence-electron chi connectivity index (χ2n) is 3.42. The van der Waals surface area contributed by atoms with Crippen molar-refractivity contribution in [3.8, 4) is 5.75 Å². The number of hydrogen-bond acceptors (Lipinski definition) is 2. The van der Waals surface area contributed by atoms with Gasteiger partial charge < -0.3 is 10.1 Å². The summed E-state index contributed by atoms with van der Waals surface area (Å²) in [6.07, 6.45) is 2.55. The fourth-order valence-corrected chi connectivity index (χ4v) is 1.59. The van der Waals surface area contributed by atoms with Gasteiger partial charge in [-0.1, -0.05) is 6.08 Å². The molecule has 0 saturated heterocycles. The third-order valence-electron chi connectivity index (χ3n) is 2.36. The molecule has 0 atom stereocenters. The molecular formula is C12H13NO2. The zero-order chi connectivity index (χ0) is 10.7. The minimum absolute atomic E-state index is 0.0652. The van der Waals surface area contributed by atoms with Crippen LogP contribution in [0.15, 0.2) is 30.9 Å². The molecule has 1 aliphatic rings. The molecule has 0 radical (unpaired) electrons. The number of fused-ring (bicyclic) bond motifs is 1. The Kier molecular flexibility index (Phi) is 2.72. The quantitative estimate of drug-likeness (QED) is 0.757. The van der Waals surface area contributed by atoms with E-state index in [2.05, 4.69) is 11.9 Å². The predicted molar refractivity (Wildman–Crippen MR) is 58.2 cm³/mol. The van der Waals surface area contributed by atoms with Gasteiger partial charge in [-0.2, -0.15) is 0 Å². The first-order valence-electron chi connectivity index (χ1n) is 4.96. The van der Waals surface area contributed by atoms with Crippen LogP contribution in [0.3, 0.4) is 0 Å². The monoisotopic (exact) mass is 203 g/mol. The Bertz CT molecular complexity index is 399. The van der Waals surface area contributed by atoms with Gasteiger partial charge in [0.1, 0.15) is 5.75 Å². The van der Waals surface area contributed by atoms with Crippen molar-refractivity contribution >= 4 is 5.91 Å². The topological polar surface area (TPSA) is 38.3 Å². The Balaban J connectivity index is 2.15. The van der Waals surface area contributed by atoms with Crippen LogP contribution < -0.4 is 10.1 Å². The van der Waals surface area contributed by atoms with Crippen LogP contribution in [0, 0.1) is 0 Å². The van der Waals surface area contributed by atoms with Gasteiger partial charge in [0.05, 0.1) is 6.61 Å². The first-order chi connectivity index (χ1) is 7.31. The lowest BCUT2D eigenvalue weighted by Gasteiger charge is -2.04. The highest BCUT2D eigenvalue weighted by atomic mass is 16.5. The number of amides is 1. The van der Waals surface area contributed by atoms with E-state index in [9.17, 15) is 4.79 Å². The first kappa shape index (κ1) is 9.77. The highest BCUT2D eigenvalue weighted by Gasteiger charge is 2.14. The number of benzene rings is 1. The van der Waals surface area contributed by atoms with Crippen molar-refractivity contribution in [3.05, 3.63) is 42.0 Å². The summed E-state index contributed by atoms with van der Waals surface area (Å²) in [5.41, 5.74) is 1.79. The van der Waals surface area contributed by atoms with Crippen molar-refractivity contribution in [1.29, 1.82) is 0 Å². The minimum atomic E-state index is -0.0652. The molecule has 3 heteroatoms. The van der Waals surface area contributed by atoms with Crippen molar-refractivity contribution < 1.29 is 9.53 Å². The Morgan fingerprint density at radius 1 is 1.60 bits per heavy atom. The summed E-state index contributed by atoms with van der Waals surface area (Å²) in [6.45, 7) is 4.76. The lowest BCUT2D eigenvalue weighted by Crippen LogP contribution is -2.23. The van der Waals surface area contributed by atoms with E-state index >= 15 is 0 Å². The Hall–Kier alpha value is -1.77. The molecule has 0 aromatic heterocycles. The summed E-state index contributed by atoms with van der Waals surface area (Å²) in [5, 5.41) is 2.74. The number of ether oxygens (including phenoxy) is 1. The van der Waals surface area contributed by atoms with E-state index in [1.807, 2.05) is 12.1 Å². The molecule has 0 saturated carbocycles. The van der Waals surface area contributed by atoms with Crippen LogP contribution in [0.5, 0.6) is 5.75 Å². The zero-order valence-electron chi connectivity index (χ0n) is 8.45. The van der Waals surface area contributed by atoms with Gasteiger partial charge in [0.15, 0.2) is 0 Å². The van der Waals surface area contributed by atoms with E-state index in [1.165, 1.54) is 0 Å². The second kappa shape index (κ2) is 4.17. The lowest BCUT2D eigenvalue weighted by molar-refractivity contribution is 0.0958. The smallest absolute Gasteiger partial charge is 0.251 e. The van der Waals surface area contributed by atoms with Gasteiger partial charge in [-0.15, -0.1) is 6.58 Å². The lowest BCUT2D eigenvalue weighted by atomic mass is 10.1. The minimum Gasteiger partial charge on any atom is -0.493 e.